The Balaban J connectivity index is 2.44. The van der Waals surface area contributed by atoms with E-state index in [-0.39, 0.29) is 19.0 Å². The van der Waals surface area contributed by atoms with Crippen LogP contribution in [-0.4, -0.2) is 30.2 Å². The van der Waals surface area contributed by atoms with E-state index in [1.165, 1.54) is 0 Å². The van der Waals surface area contributed by atoms with Crippen LogP contribution in [0.2, 0.25) is 0 Å². The van der Waals surface area contributed by atoms with E-state index < -0.39 is 6.10 Å². The lowest BCUT2D eigenvalue weighted by Crippen LogP contribution is -2.36. The number of hydrogen-bond donors (Lipinski definition) is 3. The molecule has 76 valence electrons. The van der Waals surface area contributed by atoms with Gasteiger partial charge < -0.3 is 16.2 Å². The second-order valence-electron chi connectivity index (χ2n) is 2.97. The molecule has 0 saturated heterocycles. The molecule has 4 nitrogen and oxygen atoms in total. The number of nitrogens with two attached hydrogens (primary N) is 1. The van der Waals surface area contributed by atoms with Crippen molar-refractivity contribution in [2.45, 2.75) is 6.10 Å². The maximum Gasteiger partial charge on any atom is 0.251 e. The van der Waals surface area contributed by atoms with E-state index in [1.54, 1.807) is 24.3 Å². The van der Waals surface area contributed by atoms with E-state index in [0.717, 1.165) is 0 Å². The summed E-state index contributed by atoms with van der Waals surface area (Å²) in [6.07, 6.45) is -0.678. The molecule has 0 saturated carbocycles. The molecule has 1 rings (SSSR count). The summed E-state index contributed by atoms with van der Waals surface area (Å²) in [6.45, 7) is 0.333. The standard InChI is InChI=1S/C10H14N2O2/c11-6-9(13)7-12-10(14)8-4-2-1-3-5-8/h1-5,9,13H,6-7,11H2,(H,12,14). The Bertz CT molecular complexity index is 287. The Hall–Kier alpha value is -1.39. The molecule has 0 aromatic heterocycles. The molecule has 14 heavy (non-hydrogen) atoms. The number of hydrogen-bond acceptors (Lipinski definition) is 3. The average molecular weight is 194 g/mol. The lowest BCUT2D eigenvalue weighted by atomic mass is 10.2. The summed E-state index contributed by atoms with van der Waals surface area (Å²) in [7, 11) is 0. The zero-order chi connectivity index (χ0) is 10.4. The topological polar surface area (TPSA) is 75.3 Å². The van der Waals surface area contributed by atoms with Gasteiger partial charge >= 0.3 is 0 Å². The van der Waals surface area contributed by atoms with E-state index in [4.69, 9.17) is 10.8 Å². The van der Waals surface area contributed by atoms with E-state index >= 15 is 0 Å². The Morgan fingerprint density at radius 1 is 1.43 bits per heavy atom. The molecular formula is C10H14N2O2. The Labute approximate surface area is 82.7 Å². The van der Waals surface area contributed by atoms with Gasteiger partial charge in [-0.3, -0.25) is 4.79 Å². The summed E-state index contributed by atoms with van der Waals surface area (Å²) in [5, 5.41) is 11.7. The minimum absolute atomic E-state index is 0.148. The molecule has 0 aliphatic carbocycles. The van der Waals surface area contributed by atoms with Gasteiger partial charge in [0.05, 0.1) is 6.10 Å². The van der Waals surface area contributed by atoms with Crippen molar-refractivity contribution < 1.29 is 9.90 Å². The number of carbonyl (C=O) groups excluding carboxylic acids is 1. The summed E-state index contributed by atoms with van der Waals surface area (Å²) in [5.74, 6) is -0.196. The van der Waals surface area contributed by atoms with Crippen molar-refractivity contribution in [3.63, 3.8) is 0 Å². The van der Waals surface area contributed by atoms with Crippen LogP contribution in [0.5, 0.6) is 0 Å². The smallest absolute Gasteiger partial charge is 0.251 e. The molecule has 0 aliphatic heterocycles. The van der Waals surface area contributed by atoms with Gasteiger partial charge in [-0.25, -0.2) is 0 Å². The summed E-state index contributed by atoms with van der Waals surface area (Å²) in [6, 6.07) is 8.84. The van der Waals surface area contributed by atoms with Crippen molar-refractivity contribution >= 4 is 5.91 Å². The molecule has 1 aromatic rings. The lowest BCUT2D eigenvalue weighted by molar-refractivity contribution is 0.0920. The van der Waals surface area contributed by atoms with Crippen LogP contribution in [-0.2, 0) is 0 Å². The molecule has 1 aromatic carbocycles. The van der Waals surface area contributed by atoms with E-state index in [0.29, 0.717) is 5.56 Å². The summed E-state index contributed by atoms with van der Waals surface area (Å²) < 4.78 is 0. The highest BCUT2D eigenvalue weighted by molar-refractivity contribution is 5.94. The third kappa shape index (κ3) is 3.16. The predicted molar refractivity (Wildman–Crippen MR) is 53.8 cm³/mol. The van der Waals surface area contributed by atoms with Gasteiger partial charge in [0.25, 0.3) is 5.91 Å². The minimum atomic E-state index is -0.678. The zero-order valence-electron chi connectivity index (χ0n) is 7.81. The third-order valence-corrected chi connectivity index (χ3v) is 1.81. The SMILES string of the molecule is NCC(O)CNC(=O)c1ccccc1. The number of nitrogens with one attached hydrogen (secondary N) is 1. The van der Waals surface area contributed by atoms with E-state index in [1.807, 2.05) is 6.07 Å². The monoisotopic (exact) mass is 194 g/mol. The fourth-order valence-electron chi connectivity index (χ4n) is 0.985. The fraction of sp³-hybridized carbons (Fsp3) is 0.300. The van der Waals surface area contributed by atoms with Crippen LogP contribution in [0.4, 0.5) is 0 Å². The van der Waals surface area contributed by atoms with Crippen molar-refractivity contribution in [3.8, 4) is 0 Å². The molecule has 4 heteroatoms. The predicted octanol–water partition coefficient (Wildman–Crippen LogP) is -0.264. The van der Waals surface area contributed by atoms with Gasteiger partial charge in [-0.2, -0.15) is 0 Å². The first-order valence-corrected chi connectivity index (χ1v) is 4.45. The molecule has 1 unspecified atom stereocenters. The van der Waals surface area contributed by atoms with Gasteiger partial charge in [0, 0.05) is 18.7 Å². The van der Waals surface area contributed by atoms with Crippen LogP contribution in [0.3, 0.4) is 0 Å². The Morgan fingerprint density at radius 3 is 2.64 bits per heavy atom. The maximum absolute atomic E-state index is 11.4. The quantitative estimate of drug-likeness (QED) is 0.618. The number of amides is 1. The Kier molecular flexibility index (Phi) is 4.10. The molecule has 0 spiro atoms. The van der Waals surface area contributed by atoms with Crippen LogP contribution in [0.15, 0.2) is 30.3 Å². The van der Waals surface area contributed by atoms with Crippen molar-refractivity contribution in [1.82, 2.24) is 5.32 Å². The van der Waals surface area contributed by atoms with E-state index in [2.05, 4.69) is 5.32 Å². The van der Waals surface area contributed by atoms with Crippen LogP contribution in [0, 0.1) is 0 Å². The van der Waals surface area contributed by atoms with Crippen LogP contribution >= 0.6 is 0 Å². The Morgan fingerprint density at radius 2 is 2.07 bits per heavy atom. The third-order valence-electron chi connectivity index (χ3n) is 1.81. The molecule has 0 fully saturated rings. The molecule has 0 radical (unpaired) electrons. The number of rotatable bonds is 4. The maximum atomic E-state index is 11.4. The van der Waals surface area contributed by atoms with Gasteiger partial charge in [0.1, 0.15) is 0 Å². The molecule has 0 heterocycles. The molecule has 0 bridgehead atoms. The van der Waals surface area contributed by atoms with Gasteiger partial charge in [0.15, 0.2) is 0 Å². The van der Waals surface area contributed by atoms with Gasteiger partial charge in [-0.15, -0.1) is 0 Å². The first-order valence-electron chi connectivity index (χ1n) is 4.45. The van der Waals surface area contributed by atoms with Gasteiger partial charge in [-0.05, 0) is 12.1 Å². The fourth-order valence-corrected chi connectivity index (χ4v) is 0.985. The van der Waals surface area contributed by atoms with Crippen molar-refractivity contribution in [2.75, 3.05) is 13.1 Å². The number of aliphatic hydroxyl groups excluding tert-OH is 1. The van der Waals surface area contributed by atoms with Crippen molar-refractivity contribution in [2.24, 2.45) is 5.73 Å². The van der Waals surface area contributed by atoms with Crippen LogP contribution < -0.4 is 11.1 Å². The first kappa shape index (κ1) is 10.7. The lowest BCUT2D eigenvalue weighted by Gasteiger charge is -2.08. The normalized spacial score (nSPS) is 12.1. The number of benzene rings is 1. The first-order chi connectivity index (χ1) is 6.74. The van der Waals surface area contributed by atoms with Crippen molar-refractivity contribution in [3.05, 3.63) is 35.9 Å². The number of carbonyl (C=O) groups is 1. The molecule has 1 atom stereocenters. The highest BCUT2D eigenvalue weighted by Gasteiger charge is 2.06. The van der Waals surface area contributed by atoms with Crippen LogP contribution in [0.25, 0.3) is 0 Å². The molecular weight excluding hydrogens is 180 g/mol. The van der Waals surface area contributed by atoms with Gasteiger partial charge in [-0.1, -0.05) is 18.2 Å². The van der Waals surface area contributed by atoms with Gasteiger partial charge in [0.2, 0.25) is 0 Å². The summed E-state index contributed by atoms with van der Waals surface area (Å²) in [4.78, 5) is 11.4. The second kappa shape index (κ2) is 5.36. The largest absolute Gasteiger partial charge is 0.390 e. The van der Waals surface area contributed by atoms with Crippen molar-refractivity contribution in [1.29, 1.82) is 0 Å². The highest BCUT2D eigenvalue weighted by atomic mass is 16.3. The minimum Gasteiger partial charge on any atom is -0.390 e. The van der Waals surface area contributed by atoms with E-state index in [9.17, 15) is 4.79 Å². The summed E-state index contributed by atoms with van der Waals surface area (Å²) in [5.41, 5.74) is 5.78. The average Bonchev–Trinajstić information content (AvgIpc) is 2.26. The number of aliphatic hydroxyl groups is 1. The zero-order valence-corrected chi connectivity index (χ0v) is 7.81. The molecule has 0 aliphatic rings. The second-order valence-corrected chi connectivity index (χ2v) is 2.97. The molecule has 4 N–H and O–H groups in total. The highest BCUT2D eigenvalue weighted by Crippen LogP contribution is 1.97. The van der Waals surface area contributed by atoms with Crippen LogP contribution in [0.1, 0.15) is 10.4 Å². The molecule has 1 amide bonds. The summed E-state index contributed by atoms with van der Waals surface area (Å²) >= 11 is 0.